The van der Waals surface area contributed by atoms with E-state index < -0.39 is 29.6 Å². The highest BCUT2D eigenvalue weighted by Gasteiger charge is 2.61. The molecule has 0 bridgehead atoms. The Labute approximate surface area is 129 Å². The number of rotatable bonds is 3. The van der Waals surface area contributed by atoms with Crippen LogP contribution in [0.5, 0.6) is 0 Å². The average molecular weight is 302 g/mol. The maximum absolute atomic E-state index is 12.4. The molecule has 0 saturated carbocycles. The molecule has 5 heteroatoms. The summed E-state index contributed by atoms with van der Waals surface area (Å²) < 4.78 is 15.5. The van der Waals surface area contributed by atoms with Crippen molar-refractivity contribution in [1.29, 1.82) is 0 Å². The molecule has 1 aromatic rings. The van der Waals surface area contributed by atoms with Gasteiger partial charge in [-0.25, -0.2) is 0 Å². The first-order valence-electron chi connectivity index (χ1n) is 6.84. The van der Waals surface area contributed by atoms with Crippen molar-refractivity contribution < 1.29 is 23.8 Å². The zero-order valence-corrected chi connectivity index (χ0v) is 12.8. The summed E-state index contributed by atoms with van der Waals surface area (Å²) in [5.41, 5.74) is 0.0800. The zero-order valence-electron chi connectivity index (χ0n) is 12.8. The van der Waals surface area contributed by atoms with Crippen molar-refractivity contribution in [3.05, 3.63) is 35.4 Å². The number of carbonyl (C=O) groups excluding carboxylic acids is 2. The van der Waals surface area contributed by atoms with Crippen LogP contribution in [0.25, 0.3) is 0 Å². The highest BCUT2D eigenvalue weighted by atomic mass is 16.6. The van der Waals surface area contributed by atoms with Crippen LogP contribution in [0, 0.1) is 24.7 Å². The van der Waals surface area contributed by atoms with Crippen LogP contribution in [-0.2, 0) is 23.8 Å². The second-order valence-electron chi connectivity index (χ2n) is 5.24. The molecule has 0 aromatic heterocycles. The number of ether oxygens (including phenoxy) is 3. The third kappa shape index (κ3) is 2.46. The van der Waals surface area contributed by atoms with Crippen LogP contribution in [0.2, 0.25) is 0 Å². The molecule has 5 nitrogen and oxygen atoms in total. The number of hydrogen-bond donors (Lipinski definition) is 0. The molecular weight excluding hydrogens is 284 g/mol. The van der Waals surface area contributed by atoms with Gasteiger partial charge in [0.25, 0.3) is 0 Å². The quantitative estimate of drug-likeness (QED) is 0.484. The van der Waals surface area contributed by atoms with Gasteiger partial charge in [0.1, 0.15) is 12.2 Å². The van der Waals surface area contributed by atoms with E-state index in [9.17, 15) is 9.59 Å². The van der Waals surface area contributed by atoms with E-state index >= 15 is 0 Å². The van der Waals surface area contributed by atoms with Crippen LogP contribution in [0.15, 0.2) is 24.3 Å². The van der Waals surface area contributed by atoms with Gasteiger partial charge in [0.2, 0.25) is 0 Å². The second-order valence-corrected chi connectivity index (χ2v) is 5.24. The predicted octanol–water partition coefficient (Wildman–Crippen LogP) is 1.79. The van der Waals surface area contributed by atoms with Crippen LogP contribution < -0.4 is 0 Å². The molecule has 0 spiro atoms. The molecule has 1 fully saturated rings. The molecule has 2 atom stereocenters. The lowest BCUT2D eigenvalue weighted by molar-refractivity contribution is -0.173. The molecule has 22 heavy (non-hydrogen) atoms. The van der Waals surface area contributed by atoms with Gasteiger partial charge in [0.15, 0.2) is 5.41 Å². The Morgan fingerprint density at radius 3 is 2.45 bits per heavy atom. The van der Waals surface area contributed by atoms with Crippen molar-refractivity contribution in [2.24, 2.45) is 5.41 Å². The summed E-state index contributed by atoms with van der Waals surface area (Å²) in [6.07, 6.45) is 3.96. The van der Waals surface area contributed by atoms with E-state index in [2.05, 4.69) is 5.92 Å². The van der Waals surface area contributed by atoms with E-state index in [4.69, 9.17) is 20.6 Å². The van der Waals surface area contributed by atoms with Gasteiger partial charge in [-0.3, -0.25) is 9.59 Å². The van der Waals surface area contributed by atoms with Gasteiger partial charge in [0.05, 0.1) is 14.2 Å². The highest BCUT2D eigenvalue weighted by Crippen LogP contribution is 2.50. The lowest BCUT2D eigenvalue weighted by atomic mass is 9.76. The lowest BCUT2D eigenvalue weighted by Gasteiger charge is -2.28. The maximum Gasteiger partial charge on any atom is 0.326 e. The van der Waals surface area contributed by atoms with Crippen LogP contribution >= 0.6 is 0 Å². The van der Waals surface area contributed by atoms with E-state index in [-0.39, 0.29) is 6.42 Å². The SMILES string of the molecule is C#C[C@H]1CC(C(=O)OC)(C(=O)OC)[C@H](c2cccc(C)c2)O1. The van der Waals surface area contributed by atoms with E-state index in [1.54, 1.807) is 6.07 Å². The Kier molecular flexibility index (Phi) is 4.53. The third-order valence-corrected chi connectivity index (χ3v) is 3.89. The lowest BCUT2D eigenvalue weighted by Crippen LogP contribution is -2.43. The first-order valence-corrected chi connectivity index (χ1v) is 6.84. The molecule has 1 aliphatic rings. The first kappa shape index (κ1) is 16.1. The monoisotopic (exact) mass is 302 g/mol. The molecule has 116 valence electrons. The third-order valence-electron chi connectivity index (χ3n) is 3.89. The molecule has 0 radical (unpaired) electrons. The fraction of sp³-hybridized carbons (Fsp3) is 0.412. The predicted molar refractivity (Wildman–Crippen MR) is 78.7 cm³/mol. The summed E-state index contributed by atoms with van der Waals surface area (Å²) in [7, 11) is 2.45. The van der Waals surface area contributed by atoms with Crippen molar-refractivity contribution >= 4 is 11.9 Å². The number of esters is 2. The number of aryl methyl sites for hydroxylation is 1. The van der Waals surface area contributed by atoms with Crippen molar-refractivity contribution in [3.63, 3.8) is 0 Å². The van der Waals surface area contributed by atoms with Gasteiger partial charge >= 0.3 is 11.9 Å². The molecule has 1 heterocycles. The standard InChI is InChI=1S/C17H18O5/c1-5-13-10-17(15(18)20-3,16(19)21-4)14(22-13)12-8-6-7-11(2)9-12/h1,6-9,13-14H,10H2,2-4H3/t13-,14-/m0/s1. The summed E-state index contributed by atoms with van der Waals surface area (Å²) in [4.78, 5) is 24.8. The topological polar surface area (TPSA) is 61.8 Å². The number of carbonyl (C=O) groups is 2. The maximum atomic E-state index is 12.4. The van der Waals surface area contributed by atoms with Gasteiger partial charge in [-0.05, 0) is 12.5 Å². The molecular formula is C17H18O5. The van der Waals surface area contributed by atoms with Crippen LogP contribution in [0.1, 0.15) is 23.7 Å². The summed E-state index contributed by atoms with van der Waals surface area (Å²) in [5, 5.41) is 0. The van der Waals surface area contributed by atoms with Crippen molar-refractivity contribution in [2.45, 2.75) is 25.6 Å². The fourth-order valence-electron chi connectivity index (χ4n) is 2.85. The molecule has 0 N–H and O–H groups in total. The Bertz CT molecular complexity index is 612. The Morgan fingerprint density at radius 2 is 1.95 bits per heavy atom. The first-order chi connectivity index (χ1) is 10.5. The number of terminal acetylenes is 1. The number of hydrogen-bond acceptors (Lipinski definition) is 5. The smallest absolute Gasteiger partial charge is 0.326 e. The molecule has 2 rings (SSSR count). The van der Waals surface area contributed by atoms with Crippen molar-refractivity contribution in [2.75, 3.05) is 14.2 Å². The van der Waals surface area contributed by atoms with E-state index in [1.807, 2.05) is 25.1 Å². The minimum absolute atomic E-state index is 0.0292. The van der Waals surface area contributed by atoms with E-state index in [1.165, 1.54) is 14.2 Å². The van der Waals surface area contributed by atoms with Gasteiger partial charge in [0, 0.05) is 6.42 Å². The Hall–Kier alpha value is -2.32. The fourth-order valence-corrected chi connectivity index (χ4v) is 2.85. The molecule has 1 aliphatic heterocycles. The minimum Gasteiger partial charge on any atom is -0.468 e. The molecule has 1 aromatic carbocycles. The van der Waals surface area contributed by atoms with Gasteiger partial charge in [-0.15, -0.1) is 6.42 Å². The Balaban J connectivity index is 2.59. The molecule has 1 saturated heterocycles. The summed E-state index contributed by atoms with van der Waals surface area (Å²) >= 11 is 0. The van der Waals surface area contributed by atoms with Crippen LogP contribution in [0.4, 0.5) is 0 Å². The minimum atomic E-state index is -1.59. The van der Waals surface area contributed by atoms with Crippen LogP contribution in [0.3, 0.4) is 0 Å². The van der Waals surface area contributed by atoms with E-state index in [0.29, 0.717) is 5.56 Å². The number of benzene rings is 1. The van der Waals surface area contributed by atoms with Crippen molar-refractivity contribution in [1.82, 2.24) is 0 Å². The largest absolute Gasteiger partial charge is 0.468 e. The normalized spacial score (nSPS) is 22.6. The Morgan fingerprint density at radius 1 is 1.32 bits per heavy atom. The highest BCUT2D eigenvalue weighted by molar-refractivity contribution is 6.01. The van der Waals surface area contributed by atoms with Gasteiger partial charge in [-0.1, -0.05) is 35.7 Å². The van der Waals surface area contributed by atoms with Crippen LogP contribution in [-0.4, -0.2) is 32.3 Å². The summed E-state index contributed by atoms with van der Waals surface area (Å²) in [5.74, 6) is 1.04. The summed E-state index contributed by atoms with van der Waals surface area (Å²) in [6.45, 7) is 1.91. The second kappa shape index (κ2) is 6.20. The molecule has 0 amide bonds. The van der Waals surface area contributed by atoms with Gasteiger partial charge in [-0.2, -0.15) is 0 Å². The zero-order chi connectivity index (χ0) is 16.3. The number of methoxy groups -OCH3 is 2. The molecule has 0 unspecified atom stereocenters. The van der Waals surface area contributed by atoms with Crippen molar-refractivity contribution in [3.8, 4) is 12.3 Å². The summed E-state index contributed by atoms with van der Waals surface area (Å²) in [6, 6.07) is 7.38. The molecule has 0 aliphatic carbocycles. The van der Waals surface area contributed by atoms with Gasteiger partial charge < -0.3 is 14.2 Å². The van der Waals surface area contributed by atoms with E-state index in [0.717, 1.165) is 5.56 Å². The average Bonchev–Trinajstić information content (AvgIpc) is 2.94.